The van der Waals surface area contributed by atoms with Crippen molar-refractivity contribution in [2.75, 3.05) is 31.1 Å². The highest BCUT2D eigenvalue weighted by molar-refractivity contribution is 7.17. The zero-order valence-corrected chi connectivity index (χ0v) is 16.6. The highest BCUT2D eigenvalue weighted by Crippen LogP contribution is 2.21. The minimum atomic E-state index is -0.499. The van der Waals surface area contributed by atoms with Crippen LogP contribution >= 0.6 is 11.3 Å². The second-order valence-corrected chi connectivity index (χ2v) is 8.37. The van der Waals surface area contributed by atoms with E-state index in [2.05, 4.69) is 11.8 Å². The lowest BCUT2D eigenvalue weighted by Gasteiger charge is -2.36. The van der Waals surface area contributed by atoms with Crippen molar-refractivity contribution in [1.82, 2.24) is 14.5 Å². The number of nitrogens with zero attached hydrogens (tertiary/aromatic N) is 4. The van der Waals surface area contributed by atoms with Crippen LogP contribution in [0.25, 0.3) is 10.2 Å². The predicted molar refractivity (Wildman–Crippen MR) is 104 cm³/mol. The molecule has 0 saturated carbocycles. The Bertz CT molecular complexity index is 844. The molecule has 1 saturated heterocycles. The van der Waals surface area contributed by atoms with Gasteiger partial charge in [0.15, 0.2) is 0 Å². The Balaban J connectivity index is 1.80. The fourth-order valence-corrected chi connectivity index (χ4v) is 3.79. The van der Waals surface area contributed by atoms with Crippen LogP contribution in [-0.2, 0) is 11.3 Å². The van der Waals surface area contributed by atoms with Gasteiger partial charge in [0, 0.05) is 32.7 Å². The molecule has 2 aromatic heterocycles. The molecule has 0 unspecified atom stereocenters. The van der Waals surface area contributed by atoms with Gasteiger partial charge in [-0.3, -0.25) is 9.36 Å². The van der Waals surface area contributed by atoms with Gasteiger partial charge in [0.1, 0.15) is 10.3 Å². The maximum atomic E-state index is 12.8. The molecule has 0 atom stereocenters. The van der Waals surface area contributed by atoms with E-state index in [0.29, 0.717) is 43.4 Å². The van der Waals surface area contributed by atoms with Gasteiger partial charge in [0.25, 0.3) is 5.56 Å². The first-order valence-electron chi connectivity index (χ1n) is 9.01. The number of thiophene rings is 1. The average Bonchev–Trinajstić information content (AvgIpc) is 3.05. The summed E-state index contributed by atoms with van der Waals surface area (Å²) in [6.07, 6.45) is 0.577. The molecule has 26 heavy (non-hydrogen) atoms. The number of anilines is 1. The average molecular weight is 378 g/mol. The van der Waals surface area contributed by atoms with E-state index in [4.69, 9.17) is 9.72 Å². The molecule has 0 N–H and O–H groups in total. The van der Waals surface area contributed by atoms with Crippen molar-refractivity contribution in [3.63, 3.8) is 0 Å². The molecule has 1 aliphatic heterocycles. The van der Waals surface area contributed by atoms with Crippen LogP contribution in [0.2, 0.25) is 0 Å². The Morgan fingerprint density at radius 1 is 1.27 bits per heavy atom. The van der Waals surface area contributed by atoms with Gasteiger partial charge >= 0.3 is 6.09 Å². The van der Waals surface area contributed by atoms with E-state index in [9.17, 15) is 9.59 Å². The van der Waals surface area contributed by atoms with Crippen LogP contribution in [0, 0.1) is 0 Å². The summed E-state index contributed by atoms with van der Waals surface area (Å²) < 4.78 is 7.91. The summed E-state index contributed by atoms with van der Waals surface area (Å²) in [6.45, 7) is 10.7. The molecule has 0 spiro atoms. The molecule has 2 aromatic rings. The van der Waals surface area contributed by atoms with Gasteiger partial charge in [-0.2, -0.15) is 0 Å². The lowest BCUT2D eigenvalue weighted by atomic mass is 10.2. The summed E-state index contributed by atoms with van der Waals surface area (Å²) in [4.78, 5) is 33.6. The molecule has 3 rings (SSSR count). The van der Waals surface area contributed by atoms with Gasteiger partial charge in [-0.1, -0.05) is 6.92 Å². The zero-order valence-electron chi connectivity index (χ0n) is 15.8. The SMILES string of the molecule is CCCn1c(N2CCN(C(=O)OC(C)(C)C)CC2)nc2ccsc2c1=O. The summed E-state index contributed by atoms with van der Waals surface area (Å²) >= 11 is 1.44. The molecule has 142 valence electrons. The summed E-state index contributed by atoms with van der Waals surface area (Å²) in [5, 5.41) is 1.90. The van der Waals surface area contributed by atoms with Crippen molar-refractivity contribution in [3.05, 3.63) is 21.8 Å². The van der Waals surface area contributed by atoms with Crippen LogP contribution in [0.15, 0.2) is 16.2 Å². The van der Waals surface area contributed by atoms with Gasteiger partial charge in [0.2, 0.25) is 5.95 Å². The molecule has 0 aromatic carbocycles. The van der Waals surface area contributed by atoms with Crippen LogP contribution in [0.1, 0.15) is 34.1 Å². The number of aromatic nitrogens is 2. The lowest BCUT2D eigenvalue weighted by molar-refractivity contribution is 0.0240. The van der Waals surface area contributed by atoms with E-state index in [1.54, 1.807) is 9.47 Å². The number of rotatable bonds is 3. The fourth-order valence-electron chi connectivity index (χ4n) is 3.01. The van der Waals surface area contributed by atoms with Gasteiger partial charge in [-0.05, 0) is 38.6 Å². The van der Waals surface area contributed by atoms with E-state index in [1.807, 2.05) is 32.2 Å². The minimum absolute atomic E-state index is 0.0245. The lowest BCUT2D eigenvalue weighted by Crippen LogP contribution is -2.51. The summed E-state index contributed by atoms with van der Waals surface area (Å²) in [5.41, 5.74) is 0.273. The number of carbonyl (C=O) groups is 1. The van der Waals surface area contributed by atoms with Crippen molar-refractivity contribution >= 4 is 33.6 Å². The standard InChI is InChI=1S/C18H26N4O3S/c1-5-7-22-15(23)14-13(6-12-26-14)19-16(22)20-8-10-21(11-9-20)17(24)25-18(2,3)4/h6,12H,5,7-11H2,1-4H3. The summed E-state index contributed by atoms with van der Waals surface area (Å²) in [5.74, 6) is 0.701. The molecule has 8 heteroatoms. The largest absolute Gasteiger partial charge is 0.444 e. The molecule has 0 bridgehead atoms. The number of carbonyl (C=O) groups excluding carboxylic acids is 1. The number of ether oxygens (including phenoxy) is 1. The van der Waals surface area contributed by atoms with E-state index in [0.717, 1.165) is 11.9 Å². The third-order valence-corrected chi connectivity index (χ3v) is 5.10. The van der Waals surface area contributed by atoms with Crippen molar-refractivity contribution in [3.8, 4) is 0 Å². The molecule has 1 amide bonds. The molecule has 0 aliphatic carbocycles. The third kappa shape index (κ3) is 3.85. The van der Waals surface area contributed by atoms with E-state index >= 15 is 0 Å². The Hall–Kier alpha value is -2.09. The molecule has 7 nitrogen and oxygen atoms in total. The Morgan fingerprint density at radius 3 is 2.58 bits per heavy atom. The van der Waals surface area contributed by atoms with E-state index < -0.39 is 5.60 Å². The molecular weight excluding hydrogens is 352 g/mol. The minimum Gasteiger partial charge on any atom is -0.444 e. The van der Waals surface area contributed by atoms with Gasteiger partial charge in [0.05, 0.1) is 5.52 Å². The van der Waals surface area contributed by atoms with Gasteiger partial charge in [-0.25, -0.2) is 9.78 Å². The van der Waals surface area contributed by atoms with Crippen LogP contribution in [0.4, 0.5) is 10.7 Å². The second kappa shape index (κ2) is 7.26. The van der Waals surface area contributed by atoms with Crippen LogP contribution in [0.3, 0.4) is 0 Å². The molecular formula is C18H26N4O3S. The first kappa shape index (κ1) is 18.7. The van der Waals surface area contributed by atoms with Crippen LogP contribution in [0.5, 0.6) is 0 Å². The number of fused-ring (bicyclic) bond motifs is 1. The molecule has 0 radical (unpaired) electrons. The van der Waals surface area contributed by atoms with Crippen molar-refractivity contribution in [2.45, 2.75) is 46.3 Å². The smallest absolute Gasteiger partial charge is 0.410 e. The first-order valence-corrected chi connectivity index (χ1v) is 9.89. The van der Waals surface area contributed by atoms with Crippen LogP contribution < -0.4 is 10.5 Å². The molecule has 1 fully saturated rings. The van der Waals surface area contributed by atoms with Gasteiger partial charge < -0.3 is 14.5 Å². The van der Waals surface area contributed by atoms with Crippen molar-refractivity contribution < 1.29 is 9.53 Å². The topological polar surface area (TPSA) is 67.7 Å². The summed E-state index contributed by atoms with van der Waals surface area (Å²) in [6, 6.07) is 1.89. The molecule has 1 aliphatic rings. The fraction of sp³-hybridized carbons (Fsp3) is 0.611. The Labute approximate surface area is 157 Å². The number of piperazine rings is 1. The van der Waals surface area contributed by atoms with Crippen molar-refractivity contribution in [1.29, 1.82) is 0 Å². The highest BCUT2D eigenvalue weighted by atomic mass is 32.1. The second-order valence-electron chi connectivity index (χ2n) is 7.46. The van der Waals surface area contributed by atoms with E-state index in [-0.39, 0.29) is 11.7 Å². The zero-order chi connectivity index (χ0) is 18.9. The maximum Gasteiger partial charge on any atom is 0.410 e. The first-order chi connectivity index (χ1) is 12.3. The van der Waals surface area contributed by atoms with Crippen molar-refractivity contribution in [2.24, 2.45) is 0 Å². The van der Waals surface area contributed by atoms with Crippen LogP contribution in [-0.4, -0.2) is 52.3 Å². The van der Waals surface area contributed by atoms with Gasteiger partial charge in [-0.15, -0.1) is 11.3 Å². The number of amides is 1. The number of hydrogen-bond donors (Lipinski definition) is 0. The Kier molecular flexibility index (Phi) is 5.22. The highest BCUT2D eigenvalue weighted by Gasteiger charge is 2.27. The normalized spacial score (nSPS) is 15.5. The quantitative estimate of drug-likeness (QED) is 0.821. The van der Waals surface area contributed by atoms with E-state index in [1.165, 1.54) is 11.3 Å². The monoisotopic (exact) mass is 378 g/mol. The molecule has 3 heterocycles. The predicted octanol–water partition coefficient (Wildman–Crippen LogP) is 2.93. The number of hydrogen-bond acceptors (Lipinski definition) is 6. The Morgan fingerprint density at radius 2 is 1.96 bits per heavy atom. The maximum absolute atomic E-state index is 12.8. The third-order valence-electron chi connectivity index (χ3n) is 4.21. The summed E-state index contributed by atoms with van der Waals surface area (Å²) in [7, 11) is 0.